The number of amides is 2. The molecule has 2 heterocycles. The van der Waals surface area contributed by atoms with Gasteiger partial charge in [-0.15, -0.1) is 0 Å². The molecule has 1 aliphatic heterocycles. The number of carbonyl (C=O) groups excluding carboxylic acids is 1. The van der Waals surface area contributed by atoms with Crippen molar-refractivity contribution in [2.45, 2.75) is 13.0 Å². The first-order chi connectivity index (χ1) is 15.8. The zero-order valence-corrected chi connectivity index (χ0v) is 17.6. The van der Waals surface area contributed by atoms with Crippen molar-refractivity contribution in [2.24, 2.45) is 0 Å². The van der Waals surface area contributed by atoms with Gasteiger partial charge in [-0.3, -0.25) is 0 Å². The number of hydrogen-bond donors (Lipinski definition) is 2. The molecule has 0 radical (unpaired) electrons. The first-order valence-electron chi connectivity index (χ1n) is 11.0. The molecule has 2 amide bonds. The SMILES string of the molecule is O=C(Nc1c[nH]c2ccccc12)N1CCc2cc(-c3cccc4ccccc34)ccc2C1. The predicted octanol–water partition coefficient (Wildman–Crippen LogP) is 6.58. The van der Waals surface area contributed by atoms with Crippen LogP contribution in [0, 0.1) is 0 Å². The van der Waals surface area contributed by atoms with Crippen molar-refractivity contribution in [1.29, 1.82) is 0 Å². The minimum Gasteiger partial charge on any atom is -0.359 e. The van der Waals surface area contributed by atoms with Crippen molar-refractivity contribution >= 4 is 33.4 Å². The molecule has 156 valence electrons. The maximum Gasteiger partial charge on any atom is 0.322 e. The molecule has 0 spiro atoms. The number of nitrogens with one attached hydrogen (secondary N) is 2. The average molecular weight is 418 g/mol. The molecular formula is C28H23N3O. The molecule has 4 aromatic carbocycles. The molecule has 0 bridgehead atoms. The highest BCUT2D eigenvalue weighted by atomic mass is 16.2. The maximum absolute atomic E-state index is 13.0. The van der Waals surface area contributed by atoms with E-state index in [0.717, 1.165) is 23.0 Å². The van der Waals surface area contributed by atoms with E-state index in [1.54, 1.807) is 0 Å². The number of H-pyrrole nitrogens is 1. The molecule has 4 heteroatoms. The van der Waals surface area contributed by atoms with Crippen molar-refractivity contribution in [1.82, 2.24) is 9.88 Å². The first kappa shape index (κ1) is 18.7. The number of aromatic amines is 1. The average Bonchev–Trinajstić information content (AvgIpc) is 3.26. The highest BCUT2D eigenvalue weighted by Crippen LogP contribution is 2.32. The van der Waals surface area contributed by atoms with Crippen LogP contribution in [0.2, 0.25) is 0 Å². The lowest BCUT2D eigenvalue weighted by Crippen LogP contribution is -2.38. The van der Waals surface area contributed by atoms with E-state index in [-0.39, 0.29) is 6.03 Å². The zero-order valence-electron chi connectivity index (χ0n) is 17.6. The molecule has 4 nitrogen and oxygen atoms in total. The zero-order chi connectivity index (χ0) is 21.5. The molecule has 1 aromatic heterocycles. The molecule has 0 saturated carbocycles. The Morgan fingerprint density at radius 3 is 2.59 bits per heavy atom. The molecular weight excluding hydrogens is 394 g/mol. The van der Waals surface area contributed by atoms with Crippen LogP contribution in [0.1, 0.15) is 11.1 Å². The largest absolute Gasteiger partial charge is 0.359 e. The van der Waals surface area contributed by atoms with Crippen molar-refractivity contribution in [2.75, 3.05) is 11.9 Å². The fourth-order valence-corrected chi connectivity index (χ4v) is 4.74. The van der Waals surface area contributed by atoms with Gasteiger partial charge in [0.25, 0.3) is 0 Å². The Morgan fingerprint density at radius 1 is 0.844 bits per heavy atom. The Hall–Kier alpha value is -4.05. The third-order valence-corrected chi connectivity index (χ3v) is 6.44. The lowest BCUT2D eigenvalue weighted by atomic mass is 9.92. The van der Waals surface area contributed by atoms with Crippen LogP contribution in [0.15, 0.2) is 91.1 Å². The minimum atomic E-state index is -0.0569. The number of nitrogens with zero attached hydrogens (tertiary/aromatic N) is 1. The summed E-state index contributed by atoms with van der Waals surface area (Å²) in [5.41, 5.74) is 6.87. The summed E-state index contributed by atoms with van der Waals surface area (Å²) in [5.74, 6) is 0. The number of aromatic nitrogens is 1. The van der Waals surface area contributed by atoms with Crippen molar-refractivity contribution in [3.8, 4) is 11.1 Å². The summed E-state index contributed by atoms with van der Waals surface area (Å²) in [6.07, 6.45) is 2.71. The molecule has 32 heavy (non-hydrogen) atoms. The summed E-state index contributed by atoms with van der Waals surface area (Å²) in [6, 6.07) is 29.6. The molecule has 6 rings (SSSR count). The van der Waals surface area contributed by atoms with Gasteiger partial charge < -0.3 is 15.2 Å². The van der Waals surface area contributed by atoms with Crippen LogP contribution in [0.3, 0.4) is 0 Å². The first-order valence-corrected chi connectivity index (χ1v) is 11.0. The Kier molecular flexibility index (Phi) is 4.43. The van der Waals surface area contributed by atoms with Crippen LogP contribution in [0.4, 0.5) is 10.5 Å². The molecule has 2 N–H and O–H groups in total. The molecule has 1 aliphatic rings. The van der Waals surface area contributed by atoms with Crippen molar-refractivity contribution in [3.05, 3.63) is 102 Å². The summed E-state index contributed by atoms with van der Waals surface area (Å²) in [7, 11) is 0. The summed E-state index contributed by atoms with van der Waals surface area (Å²) in [6.45, 7) is 1.33. The van der Waals surface area contributed by atoms with Crippen LogP contribution in [-0.2, 0) is 13.0 Å². The van der Waals surface area contributed by atoms with Gasteiger partial charge in [-0.25, -0.2) is 4.79 Å². The number of para-hydroxylation sites is 1. The van der Waals surface area contributed by atoms with Gasteiger partial charge in [0.15, 0.2) is 0 Å². The monoisotopic (exact) mass is 417 g/mol. The van der Waals surface area contributed by atoms with E-state index in [0.29, 0.717) is 13.1 Å². The molecule has 0 fully saturated rings. The third-order valence-electron chi connectivity index (χ3n) is 6.44. The molecule has 0 atom stereocenters. The third kappa shape index (κ3) is 3.21. The van der Waals surface area contributed by atoms with Crippen LogP contribution in [0.25, 0.3) is 32.8 Å². The quantitative estimate of drug-likeness (QED) is 0.335. The van der Waals surface area contributed by atoms with E-state index >= 15 is 0 Å². The number of hydrogen-bond acceptors (Lipinski definition) is 1. The van der Waals surface area contributed by atoms with E-state index < -0.39 is 0 Å². The van der Waals surface area contributed by atoms with Crippen LogP contribution in [-0.4, -0.2) is 22.5 Å². The topological polar surface area (TPSA) is 48.1 Å². The molecule has 5 aromatic rings. The molecule has 0 unspecified atom stereocenters. The number of fused-ring (bicyclic) bond motifs is 3. The molecule has 0 saturated heterocycles. The van der Waals surface area contributed by atoms with Gasteiger partial charge >= 0.3 is 6.03 Å². The second-order valence-corrected chi connectivity index (χ2v) is 8.36. The van der Waals surface area contributed by atoms with Gasteiger partial charge in [-0.1, -0.05) is 78.9 Å². The summed E-state index contributed by atoms with van der Waals surface area (Å²) in [5, 5.41) is 6.63. The lowest BCUT2D eigenvalue weighted by Gasteiger charge is -2.29. The second-order valence-electron chi connectivity index (χ2n) is 8.36. The summed E-state index contributed by atoms with van der Waals surface area (Å²) in [4.78, 5) is 18.1. The van der Waals surface area contributed by atoms with E-state index in [2.05, 4.69) is 71.0 Å². The molecule has 0 aliphatic carbocycles. The Labute approximate surface area is 186 Å². The van der Waals surface area contributed by atoms with Crippen molar-refractivity contribution in [3.63, 3.8) is 0 Å². The van der Waals surface area contributed by atoms with Crippen molar-refractivity contribution < 1.29 is 4.79 Å². The van der Waals surface area contributed by atoms with Crippen LogP contribution < -0.4 is 5.32 Å². The second kappa shape index (κ2) is 7.57. The van der Waals surface area contributed by atoms with Gasteiger partial charge in [0.05, 0.1) is 5.69 Å². The fraction of sp³-hybridized carbons (Fsp3) is 0.107. The highest BCUT2D eigenvalue weighted by molar-refractivity contribution is 6.01. The number of benzene rings is 4. The van der Waals surface area contributed by atoms with Gasteiger partial charge in [0.2, 0.25) is 0 Å². The Bertz CT molecular complexity index is 1460. The van der Waals surface area contributed by atoms with Crippen LogP contribution in [0.5, 0.6) is 0 Å². The van der Waals surface area contributed by atoms with Gasteiger partial charge in [-0.05, 0) is 45.5 Å². The minimum absolute atomic E-state index is 0.0569. The van der Waals surface area contributed by atoms with Gasteiger partial charge in [0.1, 0.15) is 0 Å². The van der Waals surface area contributed by atoms with E-state index in [1.807, 2.05) is 35.4 Å². The van der Waals surface area contributed by atoms with E-state index in [1.165, 1.54) is 33.0 Å². The maximum atomic E-state index is 13.0. The summed E-state index contributed by atoms with van der Waals surface area (Å²) < 4.78 is 0. The van der Waals surface area contributed by atoms with Gasteiger partial charge in [0, 0.05) is 30.2 Å². The number of carbonyl (C=O) groups is 1. The fourth-order valence-electron chi connectivity index (χ4n) is 4.74. The standard InChI is InChI=1S/C28H23N3O/c32-28(30-27-17-29-26-11-4-3-9-25(26)27)31-15-14-20-16-21(12-13-22(20)18-31)24-10-5-7-19-6-1-2-8-23(19)24/h1-13,16-17,29H,14-15,18H2,(H,30,32). The predicted molar refractivity (Wildman–Crippen MR) is 131 cm³/mol. The Morgan fingerprint density at radius 2 is 1.66 bits per heavy atom. The normalized spacial score (nSPS) is 13.3. The highest BCUT2D eigenvalue weighted by Gasteiger charge is 2.22. The smallest absolute Gasteiger partial charge is 0.322 e. The lowest BCUT2D eigenvalue weighted by molar-refractivity contribution is 0.206. The summed E-state index contributed by atoms with van der Waals surface area (Å²) >= 11 is 0. The van der Waals surface area contributed by atoms with Gasteiger partial charge in [-0.2, -0.15) is 0 Å². The van der Waals surface area contributed by atoms with E-state index in [9.17, 15) is 4.79 Å². The van der Waals surface area contributed by atoms with E-state index in [4.69, 9.17) is 0 Å². The van der Waals surface area contributed by atoms with Crippen LogP contribution >= 0.6 is 0 Å². The number of urea groups is 1. The number of rotatable bonds is 2. The Balaban J connectivity index is 1.24. The number of anilines is 1.